The van der Waals surface area contributed by atoms with E-state index in [0.717, 1.165) is 12.1 Å². The highest BCUT2D eigenvalue weighted by Gasteiger charge is 2.63. The first kappa shape index (κ1) is 102. The standard InChI is InChI=1S/C33H28O14.C25H29NO7.C23H24O8.C22H22O10.CH4/c1-10-22-16(6-14(46-10)8-20(36)37)30(42)24-18(34)4-12(28(40)26(24)32(22)44)3-13-5-19(35)25-27(29(13)41)33(45)23-11(2)47-15(9-21(38)39)7-17(23)31(25)43;1-10-7-17-25(31-10)20-18(11(2)32-17)24(30)19-15(23(20)29)6-5-14(22(19)28)16-8-13(9-26-4)21(27)12(3)33-16;1-8(24)4-12-5-11-6-13-17(21(27)16(11)9(2)30-12)22(28)19-18(20(13)26)14-7-15(25)23(19,29)10(3)31-14;1-6-14-9(22-12(30-6)5-13(24)32-22)3-8-15(19(14)27)20(28)21(29)16(18(8)26)11-4-10(23)17(25)7(2)31-11;/h4-5,10-11,14-15,34,40,43,45H,3,6-9H2,1-2H3,(H,36,37)(H,38,39);5-6,11-13,16-17,21,25-28H,1,7-9H2,2-4H3;6,9-10,12,14-15,25,27,29H,4-5,7H2,1-3H3;3,6-7,10-12,17,22-23,25-27H,4-5H2,1-2H3;1H4/t10-,11-,14+,15+;11-,12-,13+,16?,17-,21-,25+;9-,10?,12-,14?,15?,23?;;/m110../s1. The Morgan fingerprint density at radius 3 is 1.69 bits per heavy atom. The van der Waals surface area contributed by atoms with Crippen molar-refractivity contribution < 1.29 is 191 Å². The molecule has 144 heavy (non-hydrogen) atoms. The van der Waals surface area contributed by atoms with E-state index < -0.39 is 274 Å². The SMILES string of the molecule is C.C=C1C[C@H]2O[C@H](C)C3=C(C(=O)c4ccc(C5C[C@@H](CNC)[C@H](O)[C@@H](C)O5)c(O)c4C3=O)[C@H]2O1.CC(=O)C[C@H]1Cc2cc3c(c(O)c2[C@H](C)O1)C(=O)C1=C(C3=O)C2CC(O)C1(O)C(C)O2.CC1OC2CC(=O)OC2c2cc3c(c(O)c21)C(=O)C(=O)C(C1CC(O)C(O)C(C)O1)=C3O.C[C@H]1O[C@H](CC(=O)O)CC2=C1C(=O)c1c(O)c(CC3=CC(=O)c4c(O)c5c(c(O)c4C3=O)[C@@H](C)O[C@H](CC(=O)O)C5)cc(O)c1C2=O. The molecule has 17 aliphatic rings. The van der Waals surface area contributed by atoms with Crippen molar-refractivity contribution in [3.8, 4) is 40.2 Å². The number of rotatable bonds is 12. The number of ether oxygens (including phenoxy) is 10. The maximum Gasteiger partial charge on any atom is 0.309 e. The fourth-order valence-corrected chi connectivity index (χ4v) is 23.5. The summed E-state index contributed by atoms with van der Waals surface area (Å²) >= 11 is 0. The van der Waals surface area contributed by atoms with E-state index in [1.165, 1.54) is 33.8 Å². The van der Waals surface area contributed by atoms with Gasteiger partial charge in [-0.05, 0) is 118 Å². The maximum absolute atomic E-state index is 13.7. The number of hydrogen-bond donors (Lipinski definition) is 16. The Morgan fingerprint density at radius 1 is 0.465 bits per heavy atom. The molecule has 40 heteroatoms. The number of hydrogen-bond acceptors (Lipinski definition) is 38. The van der Waals surface area contributed by atoms with Gasteiger partial charge in [-0.1, -0.05) is 20.1 Å². The van der Waals surface area contributed by atoms with Crippen LogP contribution >= 0.6 is 0 Å². The average molecular weight is 1990 g/mol. The van der Waals surface area contributed by atoms with Gasteiger partial charge in [0, 0.05) is 146 Å². The number of phenolic OH excluding ortho intramolecular Hbond substituents is 7. The lowest BCUT2D eigenvalue weighted by atomic mass is 9.63. The number of carboxylic acids is 2. The molecule has 5 fully saturated rings. The molecule has 6 aliphatic carbocycles. The van der Waals surface area contributed by atoms with Crippen LogP contribution in [0.25, 0.3) is 5.76 Å². The normalized spacial score (nSPS) is 31.8. The Morgan fingerprint density at radius 2 is 1.03 bits per heavy atom. The van der Waals surface area contributed by atoms with E-state index in [4.69, 9.17) is 52.5 Å². The summed E-state index contributed by atoms with van der Waals surface area (Å²) in [7, 11) is 1.81. The third kappa shape index (κ3) is 16.6. The van der Waals surface area contributed by atoms with Gasteiger partial charge in [0.2, 0.25) is 11.6 Å². The number of carbonyl (C=O) groups is 14. The van der Waals surface area contributed by atoms with Crippen LogP contribution in [0.4, 0.5) is 0 Å². The van der Waals surface area contributed by atoms with Crippen molar-refractivity contribution in [3.05, 3.63) is 193 Å². The highest BCUT2D eigenvalue weighted by atomic mass is 16.6. The molecule has 11 heterocycles. The third-order valence-electron chi connectivity index (χ3n) is 29.9. The lowest BCUT2D eigenvalue weighted by Gasteiger charge is -2.52. The first-order chi connectivity index (χ1) is 67.5. The number of aliphatic carboxylic acids is 2. The summed E-state index contributed by atoms with van der Waals surface area (Å²) in [4.78, 5) is 180. The number of Topliss-reactive ketones (excluding diaryl/α,β-unsaturated/α-hetero) is 10. The maximum atomic E-state index is 13.7. The van der Waals surface area contributed by atoms with Gasteiger partial charge in [-0.2, -0.15) is 0 Å². The van der Waals surface area contributed by atoms with E-state index in [9.17, 15) is 139 Å². The van der Waals surface area contributed by atoms with Crippen molar-refractivity contribution in [2.45, 2.75) is 287 Å². The Bertz CT molecular complexity index is 6710. The van der Waals surface area contributed by atoms with Gasteiger partial charge < -0.3 is 129 Å². The van der Waals surface area contributed by atoms with Crippen LogP contribution in [-0.2, 0) is 90.6 Å². The van der Waals surface area contributed by atoms with E-state index in [0.29, 0.717) is 59.4 Å². The quantitative estimate of drug-likeness (QED) is 0.0321. The number of carbonyl (C=O) groups excluding carboxylic acids is 12. The molecule has 22 rings (SSSR count). The molecule has 16 N–H and O–H groups in total. The minimum absolute atomic E-state index is 0. The Hall–Kier alpha value is -13.0. The number of aromatic hydroxyl groups is 7. The number of nitrogens with one attached hydrogen (secondary N) is 1. The average Bonchev–Trinajstić information content (AvgIpc) is 0.807. The van der Waals surface area contributed by atoms with Gasteiger partial charge >= 0.3 is 17.9 Å². The highest BCUT2D eigenvalue weighted by Crippen LogP contribution is 2.58. The second-order valence-corrected chi connectivity index (χ2v) is 39.0. The summed E-state index contributed by atoms with van der Waals surface area (Å²) in [5.74, 6) is -14.2. The van der Waals surface area contributed by atoms with Crippen molar-refractivity contribution in [1.82, 2.24) is 5.32 Å². The first-order valence-corrected chi connectivity index (χ1v) is 46.9. The molecule has 762 valence electrons. The summed E-state index contributed by atoms with van der Waals surface area (Å²) in [6.07, 6.45) is -16.8. The molecule has 0 saturated carbocycles. The number of allylic oxidation sites excluding steroid dienone is 2. The Kier molecular flexibility index (Phi) is 26.9. The molecule has 5 aromatic carbocycles. The van der Waals surface area contributed by atoms with Gasteiger partial charge in [0.1, 0.15) is 75.7 Å². The van der Waals surface area contributed by atoms with Crippen LogP contribution < -0.4 is 5.32 Å². The smallest absolute Gasteiger partial charge is 0.309 e. The monoisotopic (exact) mass is 1990 g/mol. The molecule has 40 nitrogen and oxygen atoms in total. The zero-order chi connectivity index (χ0) is 103. The van der Waals surface area contributed by atoms with Crippen LogP contribution in [0.1, 0.15) is 301 Å². The molecule has 0 aromatic heterocycles. The van der Waals surface area contributed by atoms with Gasteiger partial charge in [-0.15, -0.1) is 0 Å². The number of esters is 1. The number of carboxylic acid groups (broad SMARTS) is 2. The van der Waals surface area contributed by atoms with Crippen LogP contribution in [0, 0.1) is 5.92 Å². The van der Waals surface area contributed by atoms with Gasteiger partial charge in [0.05, 0.1) is 179 Å². The van der Waals surface area contributed by atoms with Gasteiger partial charge in [0.25, 0.3) is 0 Å². The van der Waals surface area contributed by atoms with E-state index in [2.05, 4.69) is 11.9 Å². The number of ketones is 11. The molecule has 0 radical (unpaired) electrons. The molecular formula is C104H107NO39. The van der Waals surface area contributed by atoms with Crippen LogP contribution in [0.5, 0.6) is 40.2 Å². The van der Waals surface area contributed by atoms with Gasteiger partial charge in [0.15, 0.2) is 58.5 Å². The van der Waals surface area contributed by atoms with Crippen LogP contribution in [-0.4, -0.2) is 281 Å². The van der Waals surface area contributed by atoms with Crippen molar-refractivity contribution in [2.24, 2.45) is 5.92 Å². The Balaban J connectivity index is 0.000000133. The zero-order valence-corrected chi connectivity index (χ0v) is 78.6. The largest absolute Gasteiger partial charge is 0.507 e. The number of aliphatic hydroxyl groups is 6. The van der Waals surface area contributed by atoms with Crippen molar-refractivity contribution in [1.29, 1.82) is 0 Å². The first-order valence-electron chi connectivity index (χ1n) is 46.9. The number of benzene rings is 5. The molecule has 11 aliphatic heterocycles. The molecule has 24 atom stereocenters. The topological polar surface area (TPSA) is 647 Å². The van der Waals surface area contributed by atoms with Gasteiger partial charge in [-0.25, -0.2) is 0 Å². The van der Waals surface area contributed by atoms with Crippen molar-refractivity contribution in [2.75, 3.05) is 13.6 Å². The fraction of sp³-hybridized carbons (Fsp3) is 0.462. The number of fused-ring (bicyclic) bond motifs is 14. The third-order valence-corrected chi connectivity index (χ3v) is 29.9. The second-order valence-electron chi connectivity index (χ2n) is 39.0. The van der Waals surface area contributed by atoms with E-state index in [1.807, 2.05) is 7.05 Å². The van der Waals surface area contributed by atoms with Crippen LogP contribution in [0.2, 0.25) is 0 Å². The fourth-order valence-electron chi connectivity index (χ4n) is 23.5. The predicted molar refractivity (Wildman–Crippen MR) is 492 cm³/mol. The van der Waals surface area contributed by atoms with Crippen molar-refractivity contribution >= 4 is 87.3 Å². The summed E-state index contributed by atoms with van der Waals surface area (Å²) in [5, 5.41) is 162. The Labute approximate surface area is 819 Å². The lowest BCUT2D eigenvalue weighted by Crippen LogP contribution is -2.66. The molecule has 5 aromatic rings. The lowest BCUT2D eigenvalue weighted by molar-refractivity contribution is -0.207. The molecular weight excluding hydrogens is 1890 g/mol. The van der Waals surface area contributed by atoms with Crippen molar-refractivity contribution in [3.63, 3.8) is 0 Å². The minimum atomic E-state index is -2.02. The van der Waals surface area contributed by atoms with E-state index >= 15 is 0 Å². The zero-order valence-electron chi connectivity index (χ0n) is 78.6. The van der Waals surface area contributed by atoms with E-state index in [-0.39, 0.29) is 182 Å². The molecule has 0 amide bonds. The van der Waals surface area contributed by atoms with E-state index in [1.54, 1.807) is 52.8 Å². The van der Waals surface area contributed by atoms with Gasteiger partial charge in [-0.3, -0.25) is 67.1 Å². The molecule has 2 bridgehead atoms. The van der Waals surface area contributed by atoms with Crippen LogP contribution in [0.15, 0.2) is 93.3 Å². The summed E-state index contributed by atoms with van der Waals surface area (Å²) in [5.41, 5.74) is -2.85. The summed E-state index contributed by atoms with van der Waals surface area (Å²) in [6.45, 7) is 18.8. The molecule has 12 unspecified atom stereocenters. The number of aliphatic hydroxyl groups excluding tert-OH is 5. The second kappa shape index (κ2) is 37.9. The molecule has 5 saturated heterocycles. The predicted octanol–water partition coefficient (Wildman–Crippen LogP) is 7.81. The number of phenols is 7. The van der Waals surface area contributed by atoms with Crippen LogP contribution in [0.3, 0.4) is 0 Å². The summed E-state index contributed by atoms with van der Waals surface area (Å²) in [6, 6.07) is 7.22. The molecule has 0 spiro atoms. The highest BCUT2D eigenvalue weighted by molar-refractivity contribution is 6.53. The summed E-state index contributed by atoms with van der Waals surface area (Å²) < 4.78 is 57.4. The minimum Gasteiger partial charge on any atom is -0.507 e.